The SMILES string of the molecule is CCCNC(C)/C=C/C(CC)CC. The Hall–Kier alpha value is -0.300. The van der Waals surface area contributed by atoms with Gasteiger partial charge in [0.25, 0.3) is 0 Å². The zero-order valence-corrected chi connectivity index (χ0v) is 9.64. The van der Waals surface area contributed by atoms with Crippen molar-refractivity contribution in [3.05, 3.63) is 12.2 Å². The number of allylic oxidation sites excluding steroid dienone is 1. The lowest BCUT2D eigenvalue weighted by atomic mass is 10.0. The molecule has 78 valence electrons. The van der Waals surface area contributed by atoms with Gasteiger partial charge in [-0.15, -0.1) is 0 Å². The first-order chi connectivity index (χ1) is 6.24. The first kappa shape index (κ1) is 12.7. The van der Waals surface area contributed by atoms with Crippen molar-refractivity contribution in [2.45, 2.75) is 53.0 Å². The van der Waals surface area contributed by atoms with Crippen LogP contribution in [-0.4, -0.2) is 12.6 Å². The highest BCUT2D eigenvalue weighted by Gasteiger charge is 1.98. The fourth-order valence-corrected chi connectivity index (χ4v) is 1.32. The van der Waals surface area contributed by atoms with Gasteiger partial charge in [-0.2, -0.15) is 0 Å². The minimum atomic E-state index is 0.528. The van der Waals surface area contributed by atoms with Gasteiger partial charge in [-0.3, -0.25) is 0 Å². The molecule has 0 spiro atoms. The van der Waals surface area contributed by atoms with E-state index in [4.69, 9.17) is 0 Å². The van der Waals surface area contributed by atoms with Gasteiger partial charge < -0.3 is 5.32 Å². The van der Waals surface area contributed by atoms with Gasteiger partial charge in [0.1, 0.15) is 0 Å². The van der Waals surface area contributed by atoms with Crippen LogP contribution in [0.3, 0.4) is 0 Å². The van der Waals surface area contributed by atoms with E-state index in [1.165, 1.54) is 19.3 Å². The Morgan fingerprint density at radius 1 is 1.08 bits per heavy atom. The van der Waals surface area contributed by atoms with Crippen LogP contribution in [0.2, 0.25) is 0 Å². The summed E-state index contributed by atoms with van der Waals surface area (Å²) in [6.07, 6.45) is 8.38. The molecule has 0 bridgehead atoms. The molecular formula is C12H25N. The summed E-state index contributed by atoms with van der Waals surface area (Å²) in [5.41, 5.74) is 0. The van der Waals surface area contributed by atoms with E-state index in [0.29, 0.717) is 6.04 Å². The van der Waals surface area contributed by atoms with Crippen LogP contribution in [0, 0.1) is 5.92 Å². The molecule has 13 heavy (non-hydrogen) atoms. The fourth-order valence-electron chi connectivity index (χ4n) is 1.32. The molecule has 0 heterocycles. The van der Waals surface area contributed by atoms with Crippen LogP contribution in [0.25, 0.3) is 0 Å². The molecule has 0 aromatic heterocycles. The van der Waals surface area contributed by atoms with Gasteiger partial charge in [0.15, 0.2) is 0 Å². The normalized spacial score (nSPS) is 14.2. The zero-order chi connectivity index (χ0) is 10.1. The molecule has 0 aliphatic rings. The summed E-state index contributed by atoms with van der Waals surface area (Å²) in [6.45, 7) is 10.0. The predicted octanol–water partition coefficient (Wildman–Crippen LogP) is 3.37. The third-order valence-corrected chi connectivity index (χ3v) is 2.44. The zero-order valence-electron chi connectivity index (χ0n) is 9.64. The van der Waals surface area contributed by atoms with Crippen LogP contribution in [0.1, 0.15) is 47.0 Å². The highest BCUT2D eigenvalue weighted by molar-refractivity contribution is 4.94. The van der Waals surface area contributed by atoms with Gasteiger partial charge >= 0.3 is 0 Å². The molecule has 1 heteroatoms. The molecule has 0 saturated heterocycles. The minimum Gasteiger partial charge on any atom is -0.311 e. The Labute approximate surface area is 83.6 Å². The molecule has 1 unspecified atom stereocenters. The van der Waals surface area contributed by atoms with E-state index in [0.717, 1.165) is 12.5 Å². The summed E-state index contributed by atoms with van der Waals surface area (Å²) in [6, 6.07) is 0.528. The summed E-state index contributed by atoms with van der Waals surface area (Å²) in [4.78, 5) is 0. The Kier molecular flexibility index (Phi) is 8.11. The predicted molar refractivity (Wildman–Crippen MR) is 61.0 cm³/mol. The lowest BCUT2D eigenvalue weighted by molar-refractivity contribution is 0.587. The molecule has 1 nitrogen and oxygen atoms in total. The lowest BCUT2D eigenvalue weighted by Crippen LogP contribution is -2.24. The second kappa shape index (κ2) is 8.31. The van der Waals surface area contributed by atoms with Crippen molar-refractivity contribution < 1.29 is 0 Å². The van der Waals surface area contributed by atoms with Crippen LogP contribution in [0.15, 0.2) is 12.2 Å². The Bertz CT molecular complexity index is 125. The minimum absolute atomic E-state index is 0.528. The van der Waals surface area contributed by atoms with Gasteiger partial charge in [-0.25, -0.2) is 0 Å². The number of hydrogen-bond acceptors (Lipinski definition) is 1. The number of nitrogens with one attached hydrogen (secondary N) is 1. The Balaban J connectivity index is 3.67. The van der Waals surface area contributed by atoms with Crippen molar-refractivity contribution in [1.82, 2.24) is 5.32 Å². The molecule has 0 fully saturated rings. The first-order valence-electron chi connectivity index (χ1n) is 5.66. The Morgan fingerprint density at radius 3 is 2.15 bits per heavy atom. The average Bonchev–Trinajstić information content (AvgIpc) is 2.16. The van der Waals surface area contributed by atoms with Crippen LogP contribution in [0.4, 0.5) is 0 Å². The fraction of sp³-hybridized carbons (Fsp3) is 0.833. The van der Waals surface area contributed by atoms with Crippen molar-refractivity contribution in [3.8, 4) is 0 Å². The number of rotatable bonds is 7. The second-order valence-electron chi connectivity index (χ2n) is 3.70. The highest BCUT2D eigenvalue weighted by atomic mass is 14.9. The van der Waals surface area contributed by atoms with Gasteiger partial charge in [-0.1, -0.05) is 32.9 Å². The molecule has 1 N–H and O–H groups in total. The van der Waals surface area contributed by atoms with Gasteiger partial charge in [0.2, 0.25) is 0 Å². The topological polar surface area (TPSA) is 12.0 Å². The third kappa shape index (κ3) is 6.83. The largest absolute Gasteiger partial charge is 0.311 e. The van der Waals surface area contributed by atoms with Gasteiger partial charge in [0.05, 0.1) is 0 Å². The van der Waals surface area contributed by atoms with Gasteiger partial charge in [-0.05, 0) is 38.6 Å². The summed E-state index contributed by atoms with van der Waals surface area (Å²) in [5.74, 6) is 0.769. The maximum Gasteiger partial charge on any atom is 0.0221 e. The lowest BCUT2D eigenvalue weighted by Gasteiger charge is -2.10. The standard InChI is InChI=1S/C12H25N/c1-5-10-13-11(4)8-9-12(6-2)7-3/h8-9,11-13H,5-7,10H2,1-4H3/b9-8+. The molecule has 0 aromatic rings. The van der Waals surface area contributed by atoms with E-state index in [9.17, 15) is 0 Å². The van der Waals surface area contributed by atoms with E-state index in [1.54, 1.807) is 0 Å². The van der Waals surface area contributed by atoms with E-state index >= 15 is 0 Å². The summed E-state index contributed by atoms with van der Waals surface area (Å²) < 4.78 is 0. The second-order valence-corrected chi connectivity index (χ2v) is 3.70. The molecule has 0 saturated carbocycles. The summed E-state index contributed by atoms with van der Waals surface area (Å²) in [5, 5.41) is 3.45. The molecule has 0 aliphatic heterocycles. The summed E-state index contributed by atoms with van der Waals surface area (Å²) in [7, 11) is 0. The molecule has 0 rings (SSSR count). The van der Waals surface area contributed by atoms with E-state index in [-0.39, 0.29) is 0 Å². The van der Waals surface area contributed by atoms with Crippen molar-refractivity contribution in [2.75, 3.05) is 6.54 Å². The average molecular weight is 183 g/mol. The third-order valence-electron chi connectivity index (χ3n) is 2.44. The molecule has 0 radical (unpaired) electrons. The number of hydrogen-bond donors (Lipinski definition) is 1. The van der Waals surface area contributed by atoms with Crippen molar-refractivity contribution in [1.29, 1.82) is 0 Å². The molecule has 0 amide bonds. The van der Waals surface area contributed by atoms with Crippen LogP contribution < -0.4 is 5.32 Å². The van der Waals surface area contributed by atoms with E-state index < -0.39 is 0 Å². The van der Waals surface area contributed by atoms with Crippen molar-refractivity contribution in [2.24, 2.45) is 5.92 Å². The van der Waals surface area contributed by atoms with Gasteiger partial charge in [0, 0.05) is 6.04 Å². The molecule has 0 aliphatic carbocycles. The van der Waals surface area contributed by atoms with Crippen molar-refractivity contribution in [3.63, 3.8) is 0 Å². The molecule has 0 aromatic carbocycles. The molecular weight excluding hydrogens is 158 g/mol. The van der Waals surface area contributed by atoms with Crippen LogP contribution in [0.5, 0.6) is 0 Å². The molecule has 1 atom stereocenters. The maximum atomic E-state index is 3.45. The Morgan fingerprint density at radius 2 is 1.69 bits per heavy atom. The van der Waals surface area contributed by atoms with E-state index in [1.807, 2.05) is 0 Å². The van der Waals surface area contributed by atoms with E-state index in [2.05, 4.69) is 45.2 Å². The maximum absolute atomic E-state index is 3.45. The van der Waals surface area contributed by atoms with Crippen molar-refractivity contribution >= 4 is 0 Å². The van der Waals surface area contributed by atoms with Crippen LogP contribution in [-0.2, 0) is 0 Å². The quantitative estimate of drug-likeness (QED) is 0.597. The summed E-state index contributed by atoms with van der Waals surface area (Å²) >= 11 is 0. The smallest absolute Gasteiger partial charge is 0.0221 e. The first-order valence-corrected chi connectivity index (χ1v) is 5.66. The van der Waals surface area contributed by atoms with Crippen LogP contribution >= 0.6 is 0 Å². The highest BCUT2D eigenvalue weighted by Crippen LogP contribution is 2.08. The monoisotopic (exact) mass is 183 g/mol.